The summed E-state index contributed by atoms with van der Waals surface area (Å²) in [6, 6.07) is 8.99. The summed E-state index contributed by atoms with van der Waals surface area (Å²) in [5.74, 6) is 1.93. The second-order valence-corrected chi connectivity index (χ2v) is 7.31. The number of rotatable bonds is 5. The van der Waals surface area contributed by atoms with Crippen molar-refractivity contribution in [2.75, 3.05) is 19.6 Å². The average Bonchev–Trinajstić information content (AvgIpc) is 2.99. The molecule has 0 amide bonds. The quantitative estimate of drug-likeness (QED) is 0.846. The van der Waals surface area contributed by atoms with Crippen LogP contribution in [0.15, 0.2) is 24.3 Å². The predicted octanol–water partition coefficient (Wildman–Crippen LogP) is 0.910. The van der Waals surface area contributed by atoms with Gasteiger partial charge in [-0.05, 0) is 30.9 Å². The van der Waals surface area contributed by atoms with Gasteiger partial charge in [0.1, 0.15) is 11.6 Å². The molecule has 6 heteroatoms. The average molecular weight is 341 g/mol. The number of benzene rings is 1. The smallest absolute Gasteiger partial charge is 0.147 e. The fourth-order valence-corrected chi connectivity index (χ4v) is 3.98. The fraction of sp³-hybridized carbons (Fsp3) is 0.579. The summed E-state index contributed by atoms with van der Waals surface area (Å²) in [5.41, 5.74) is 2.85. The third-order valence-corrected chi connectivity index (χ3v) is 5.28. The second kappa shape index (κ2) is 7.23. The number of nitrogens with one attached hydrogen (secondary N) is 1. The van der Waals surface area contributed by atoms with E-state index in [0.29, 0.717) is 12.6 Å². The predicted molar refractivity (Wildman–Crippen MR) is 96.3 cm³/mol. The van der Waals surface area contributed by atoms with E-state index in [1.54, 1.807) is 0 Å². The van der Waals surface area contributed by atoms with Gasteiger partial charge in [0, 0.05) is 38.6 Å². The highest BCUT2D eigenvalue weighted by atomic mass is 16.3. The van der Waals surface area contributed by atoms with Gasteiger partial charge in [0.2, 0.25) is 0 Å². The lowest BCUT2D eigenvalue weighted by Crippen LogP contribution is -2.45. The number of aromatic nitrogens is 3. The summed E-state index contributed by atoms with van der Waals surface area (Å²) in [6.45, 7) is 6.11. The van der Waals surface area contributed by atoms with Crippen molar-refractivity contribution < 1.29 is 5.11 Å². The van der Waals surface area contributed by atoms with Crippen LogP contribution in [0.25, 0.3) is 0 Å². The van der Waals surface area contributed by atoms with Gasteiger partial charge in [0.05, 0.1) is 12.6 Å². The molecule has 0 unspecified atom stereocenters. The standard InChI is InChI=1S/C19H27N5O/c1-14-21-19-7-6-17(12-24(19)22-14)20-10-18(25)13-23-9-8-15-4-2-3-5-16(15)11-23/h2-5,17-18,20,25H,6-13H2,1H3/t17-,18+/m1/s1. The molecule has 0 aliphatic carbocycles. The van der Waals surface area contributed by atoms with Gasteiger partial charge in [-0.25, -0.2) is 9.67 Å². The number of aliphatic hydroxyl groups is 1. The molecule has 6 nitrogen and oxygen atoms in total. The molecule has 3 heterocycles. The van der Waals surface area contributed by atoms with Crippen molar-refractivity contribution >= 4 is 0 Å². The molecule has 2 N–H and O–H groups in total. The monoisotopic (exact) mass is 341 g/mol. The molecule has 0 saturated heterocycles. The van der Waals surface area contributed by atoms with E-state index in [2.05, 4.69) is 44.6 Å². The zero-order valence-electron chi connectivity index (χ0n) is 14.9. The van der Waals surface area contributed by atoms with E-state index >= 15 is 0 Å². The highest BCUT2D eigenvalue weighted by Gasteiger charge is 2.22. The van der Waals surface area contributed by atoms with Crippen LogP contribution in [0.4, 0.5) is 0 Å². The largest absolute Gasteiger partial charge is 0.390 e. The number of fused-ring (bicyclic) bond motifs is 2. The van der Waals surface area contributed by atoms with E-state index < -0.39 is 0 Å². The first-order chi connectivity index (χ1) is 12.2. The zero-order valence-corrected chi connectivity index (χ0v) is 14.9. The maximum atomic E-state index is 10.4. The van der Waals surface area contributed by atoms with Crippen molar-refractivity contribution in [3.05, 3.63) is 47.0 Å². The normalized spacial score (nSPS) is 21.6. The minimum atomic E-state index is -0.343. The Labute approximate surface area is 148 Å². The van der Waals surface area contributed by atoms with E-state index in [1.165, 1.54) is 11.1 Å². The van der Waals surface area contributed by atoms with Gasteiger partial charge in [-0.3, -0.25) is 4.90 Å². The van der Waals surface area contributed by atoms with Crippen LogP contribution in [0.1, 0.15) is 29.2 Å². The molecule has 1 aromatic heterocycles. The molecular weight excluding hydrogens is 314 g/mol. The van der Waals surface area contributed by atoms with Gasteiger partial charge in [-0.15, -0.1) is 0 Å². The molecule has 25 heavy (non-hydrogen) atoms. The summed E-state index contributed by atoms with van der Waals surface area (Å²) in [4.78, 5) is 6.80. The Balaban J connectivity index is 1.24. The van der Waals surface area contributed by atoms with Crippen molar-refractivity contribution in [2.24, 2.45) is 0 Å². The Kier molecular flexibility index (Phi) is 4.83. The van der Waals surface area contributed by atoms with Crippen molar-refractivity contribution in [1.82, 2.24) is 25.0 Å². The van der Waals surface area contributed by atoms with Crippen molar-refractivity contribution in [3.63, 3.8) is 0 Å². The SMILES string of the molecule is Cc1nc2n(n1)C[C@H](NC[C@H](O)CN1CCc3ccccc3C1)CC2. The van der Waals surface area contributed by atoms with Crippen LogP contribution in [0, 0.1) is 6.92 Å². The van der Waals surface area contributed by atoms with E-state index in [1.807, 2.05) is 11.6 Å². The lowest BCUT2D eigenvalue weighted by atomic mass is 10.00. The van der Waals surface area contributed by atoms with Crippen LogP contribution in [0.2, 0.25) is 0 Å². The van der Waals surface area contributed by atoms with Crippen LogP contribution in [0.5, 0.6) is 0 Å². The van der Waals surface area contributed by atoms with Crippen LogP contribution in [-0.2, 0) is 25.9 Å². The molecule has 2 aromatic rings. The van der Waals surface area contributed by atoms with Crippen LogP contribution in [-0.4, -0.2) is 56.6 Å². The highest BCUT2D eigenvalue weighted by molar-refractivity contribution is 5.29. The summed E-state index contributed by atoms with van der Waals surface area (Å²) in [6.07, 6.45) is 2.75. The number of β-amino-alcohol motifs (C(OH)–C–C–N with tert-alkyl or cyclic N) is 1. The molecule has 0 radical (unpaired) electrons. The topological polar surface area (TPSA) is 66.2 Å². The molecule has 0 fully saturated rings. The van der Waals surface area contributed by atoms with E-state index in [9.17, 15) is 5.11 Å². The maximum Gasteiger partial charge on any atom is 0.147 e. The third kappa shape index (κ3) is 3.92. The van der Waals surface area contributed by atoms with Crippen LogP contribution < -0.4 is 5.32 Å². The van der Waals surface area contributed by atoms with Gasteiger partial charge >= 0.3 is 0 Å². The lowest BCUT2D eigenvalue weighted by Gasteiger charge is -2.31. The molecule has 2 atom stereocenters. The van der Waals surface area contributed by atoms with Gasteiger partial charge in [0.25, 0.3) is 0 Å². The molecule has 4 rings (SSSR count). The van der Waals surface area contributed by atoms with Gasteiger partial charge < -0.3 is 10.4 Å². The maximum absolute atomic E-state index is 10.4. The fourth-order valence-electron chi connectivity index (χ4n) is 3.98. The highest BCUT2D eigenvalue weighted by Crippen LogP contribution is 2.18. The second-order valence-electron chi connectivity index (χ2n) is 7.31. The molecule has 2 aliphatic heterocycles. The number of hydrogen-bond acceptors (Lipinski definition) is 5. The molecule has 134 valence electrons. The van der Waals surface area contributed by atoms with Gasteiger partial charge in [-0.1, -0.05) is 24.3 Å². The molecule has 1 aromatic carbocycles. The Morgan fingerprint density at radius 3 is 3.00 bits per heavy atom. The van der Waals surface area contributed by atoms with E-state index in [-0.39, 0.29) is 6.10 Å². The molecular formula is C19H27N5O. The number of aryl methyl sites for hydroxylation is 2. The molecule has 0 spiro atoms. The minimum absolute atomic E-state index is 0.343. The van der Waals surface area contributed by atoms with Gasteiger partial charge in [-0.2, -0.15) is 5.10 Å². The zero-order chi connectivity index (χ0) is 17.2. The third-order valence-electron chi connectivity index (χ3n) is 5.28. The molecule has 0 saturated carbocycles. The molecule has 2 aliphatic rings. The first kappa shape index (κ1) is 16.7. The Morgan fingerprint density at radius 2 is 2.12 bits per heavy atom. The van der Waals surface area contributed by atoms with Crippen LogP contribution in [0.3, 0.4) is 0 Å². The Hall–Kier alpha value is -1.76. The van der Waals surface area contributed by atoms with Crippen molar-refractivity contribution in [1.29, 1.82) is 0 Å². The van der Waals surface area contributed by atoms with Crippen molar-refractivity contribution in [3.8, 4) is 0 Å². The number of nitrogens with zero attached hydrogens (tertiary/aromatic N) is 4. The lowest BCUT2D eigenvalue weighted by molar-refractivity contribution is 0.1000. The van der Waals surface area contributed by atoms with E-state index in [0.717, 1.165) is 57.1 Å². The summed E-state index contributed by atoms with van der Waals surface area (Å²) < 4.78 is 2.00. The Morgan fingerprint density at radius 1 is 1.28 bits per heavy atom. The first-order valence-electron chi connectivity index (χ1n) is 9.28. The minimum Gasteiger partial charge on any atom is -0.390 e. The van der Waals surface area contributed by atoms with Crippen LogP contribution >= 0.6 is 0 Å². The summed E-state index contributed by atoms with van der Waals surface area (Å²) in [7, 11) is 0. The molecule has 0 bridgehead atoms. The van der Waals surface area contributed by atoms with Gasteiger partial charge in [0.15, 0.2) is 0 Å². The first-order valence-corrected chi connectivity index (χ1v) is 9.28. The summed E-state index contributed by atoms with van der Waals surface area (Å²) >= 11 is 0. The Bertz CT molecular complexity index is 728. The summed E-state index contributed by atoms with van der Waals surface area (Å²) in [5, 5.41) is 18.4. The number of hydrogen-bond donors (Lipinski definition) is 2. The van der Waals surface area contributed by atoms with E-state index in [4.69, 9.17) is 0 Å². The number of aliphatic hydroxyl groups excluding tert-OH is 1. The van der Waals surface area contributed by atoms with Crippen molar-refractivity contribution in [2.45, 2.75) is 51.4 Å².